The fourth-order valence-corrected chi connectivity index (χ4v) is 5.52. The lowest BCUT2D eigenvalue weighted by Crippen LogP contribution is -2.43. The summed E-state index contributed by atoms with van der Waals surface area (Å²) in [6.45, 7) is 0. The number of allylic oxidation sites excluding steroid dienone is 2. The van der Waals surface area contributed by atoms with Crippen molar-refractivity contribution in [2.45, 2.75) is 76.2 Å². The van der Waals surface area contributed by atoms with E-state index in [0.717, 1.165) is 19.3 Å². The van der Waals surface area contributed by atoms with Crippen LogP contribution < -0.4 is 0 Å². The van der Waals surface area contributed by atoms with E-state index in [-0.39, 0.29) is 17.5 Å². The minimum Gasteiger partial charge on any atom is -0.459 e. The van der Waals surface area contributed by atoms with Gasteiger partial charge in [0.15, 0.2) is 0 Å². The van der Waals surface area contributed by atoms with Gasteiger partial charge < -0.3 is 4.74 Å². The molecule has 2 heteroatoms. The number of carbonyl (C=O) groups excluding carboxylic acids is 1. The number of ether oxygens (including phenoxy) is 1. The molecule has 3 unspecified atom stereocenters. The molecule has 21 heavy (non-hydrogen) atoms. The van der Waals surface area contributed by atoms with Gasteiger partial charge in [0.05, 0.1) is 5.92 Å². The van der Waals surface area contributed by atoms with Gasteiger partial charge in [0.25, 0.3) is 0 Å². The van der Waals surface area contributed by atoms with Crippen LogP contribution in [0.4, 0.5) is 0 Å². The van der Waals surface area contributed by atoms with Gasteiger partial charge in [-0.15, -0.1) is 0 Å². The monoisotopic (exact) mass is 288 g/mol. The molecule has 0 N–H and O–H groups in total. The number of fused-ring (bicyclic) bond motifs is 2. The van der Waals surface area contributed by atoms with Crippen LogP contribution in [0.5, 0.6) is 0 Å². The van der Waals surface area contributed by atoms with E-state index < -0.39 is 0 Å². The van der Waals surface area contributed by atoms with Gasteiger partial charge in [-0.1, -0.05) is 31.4 Å². The van der Waals surface area contributed by atoms with Gasteiger partial charge in [0.2, 0.25) is 0 Å². The Morgan fingerprint density at radius 3 is 2.33 bits per heavy atom. The fraction of sp³-hybridized carbons (Fsp3) is 0.842. The lowest BCUT2D eigenvalue weighted by atomic mass is 9.75. The molecule has 0 saturated heterocycles. The van der Waals surface area contributed by atoms with E-state index in [0.29, 0.717) is 17.8 Å². The van der Waals surface area contributed by atoms with Crippen molar-refractivity contribution in [3.8, 4) is 0 Å². The van der Waals surface area contributed by atoms with Crippen LogP contribution in [0, 0.1) is 23.7 Å². The second-order valence-electron chi connectivity index (χ2n) is 7.91. The van der Waals surface area contributed by atoms with Crippen LogP contribution in [0.3, 0.4) is 0 Å². The first-order chi connectivity index (χ1) is 10.3. The van der Waals surface area contributed by atoms with E-state index in [1.165, 1.54) is 51.4 Å². The largest absolute Gasteiger partial charge is 0.459 e. The Labute approximate surface area is 128 Å². The van der Waals surface area contributed by atoms with Crippen molar-refractivity contribution in [3.63, 3.8) is 0 Å². The molecular weight excluding hydrogens is 260 g/mol. The first-order valence-corrected chi connectivity index (χ1v) is 9.18. The van der Waals surface area contributed by atoms with E-state index in [1.54, 1.807) is 0 Å². The Hall–Kier alpha value is -0.790. The number of carbonyl (C=O) groups is 1. The molecule has 0 aromatic heterocycles. The maximum atomic E-state index is 12.8. The summed E-state index contributed by atoms with van der Waals surface area (Å²) in [5.74, 6) is 2.08. The molecule has 3 atom stereocenters. The lowest BCUT2D eigenvalue weighted by Gasteiger charge is -2.40. The molecule has 0 amide bonds. The Morgan fingerprint density at radius 1 is 0.952 bits per heavy atom. The van der Waals surface area contributed by atoms with Gasteiger partial charge in [-0.05, 0) is 69.1 Å². The standard InChI is InChI=1S/C19H28O2/c20-18(17-13-14-8-9-15(17)12-14)21-19(10-4-5-11-19)16-6-2-1-3-7-16/h8-9,14-17H,1-7,10-13H2. The zero-order chi connectivity index (χ0) is 14.3. The Morgan fingerprint density at radius 2 is 1.71 bits per heavy atom. The summed E-state index contributed by atoms with van der Waals surface area (Å²) in [4.78, 5) is 12.8. The topological polar surface area (TPSA) is 26.3 Å². The summed E-state index contributed by atoms with van der Waals surface area (Å²) in [5.41, 5.74) is -0.0803. The van der Waals surface area contributed by atoms with E-state index in [1.807, 2.05) is 0 Å². The van der Waals surface area contributed by atoms with Crippen molar-refractivity contribution in [2.24, 2.45) is 23.7 Å². The van der Waals surface area contributed by atoms with Crippen LogP contribution >= 0.6 is 0 Å². The van der Waals surface area contributed by atoms with E-state index in [4.69, 9.17) is 4.74 Å². The van der Waals surface area contributed by atoms with Gasteiger partial charge in [-0.25, -0.2) is 0 Å². The molecule has 3 fully saturated rings. The summed E-state index contributed by atoms with van der Waals surface area (Å²) in [6.07, 6.45) is 18.2. The molecule has 0 aromatic carbocycles. The summed E-state index contributed by atoms with van der Waals surface area (Å²) in [5, 5.41) is 0. The molecule has 116 valence electrons. The number of esters is 1. The molecule has 2 bridgehead atoms. The third kappa shape index (κ3) is 2.45. The number of rotatable bonds is 3. The predicted octanol–water partition coefficient (Wildman–Crippen LogP) is 4.63. The molecule has 0 heterocycles. The van der Waals surface area contributed by atoms with Gasteiger partial charge >= 0.3 is 5.97 Å². The molecule has 0 aliphatic heterocycles. The molecule has 3 saturated carbocycles. The van der Waals surface area contributed by atoms with Gasteiger partial charge in [-0.3, -0.25) is 4.79 Å². The zero-order valence-corrected chi connectivity index (χ0v) is 13.1. The van der Waals surface area contributed by atoms with E-state index in [9.17, 15) is 4.79 Å². The summed E-state index contributed by atoms with van der Waals surface area (Å²) in [6, 6.07) is 0. The second kappa shape index (κ2) is 5.44. The Bertz CT molecular complexity index is 427. The molecule has 0 spiro atoms. The normalized spacial score (nSPS) is 38.0. The second-order valence-corrected chi connectivity index (χ2v) is 7.91. The SMILES string of the molecule is O=C(OC1(C2CCCCC2)CCCC1)C1CC2C=CC1C2. The lowest BCUT2D eigenvalue weighted by molar-refractivity contribution is -0.173. The van der Waals surface area contributed by atoms with Gasteiger partial charge in [-0.2, -0.15) is 0 Å². The molecule has 2 nitrogen and oxygen atoms in total. The molecule has 0 aromatic rings. The summed E-state index contributed by atoms with van der Waals surface area (Å²) in [7, 11) is 0. The molecule has 4 rings (SSSR count). The smallest absolute Gasteiger partial charge is 0.310 e. The minimum atomic E-state index is -0.0803. The first-order valence-electron chi connectivity index (χ1n) is 9.18. The van der Waals surface area contributed by atoms with Crippen LogP contribution in [0.1, 0.15) is 70.6 Å². The predicted molar refractivity (Wildman–Crippen MR) is 82.7 cm³/mol. The van der Waals surface area contributed by atoms with Crippen LogP contribution in [0.15, 0.2) is 12.2 Å². The quantitative estimate of drug-likeness (QED) is 0.559. The molecule has 4 aliphatic carbocycles. The molecule has 4 aliphatic rings. The highest BCUT2D eigenvalue weighted by molar-refractivity contribution is 5.74. The third-order valence-electron chi connectivity index (χ3n) is 6.68. The summed E-state index contributed by atoms with van der Waals surface area (Å²) >= 11 is 0. The molecular formula is C19H28O2. The average molecular weight is 288 g/mol. The Kier molecular flexibility index (Phi) is 3.59. The third-order valence-corrected chi connectivity index (χ3v) is 6.68. The average Bonchev–Trinajstić information content (AvgIpc) is 3.25. The van der Waals surface area contributed by atoms with Crippen molar-refractivity contribution in [1.29, 1.82) is 0 Å². The summed E-state index contributed by atoms with van der Waals surface area (Å²) < 4.78 is 6.30. The minimum absolute atomic E-state index is 0.0803. The van der Waals surface area contributed by atoms with Crippen LogP contribution in [0.25, 0.3) is 0 Å². The van der Waals surface area contributed by atoms with Crippen molar-refractivity contribution in [2.75, 3.05) is 0 Å². The number of hydrogen-bond acceptors (Lipinski definition) is 2. The van der Waals surface area contributed by atoms with Crippen LogP contribution in [0.2, 0.25) is 0 Å². The van der Waals surface area contributed by atoms with Crippen LogP contribution in [-0.2, 0) is 9.53 Å². The Balaban J connectivity index is 1.47. The van der Waals surface area contributed by atoms with Crippen LogP contribution in [-0.4, -0.2) is 11.6 Å². The van der Waals surface area contributed by atoms with E-state index in [2.05, 4.69) is 12.2 Å². The highest BCUT2D eigenvalue weighted by Crippen LogP contribution is 2.48. The number of hydrogen-bond donors (Lipinski definition) is 0. The van der Waals surface area contributed by atoms with Gasteiger partial charge in [0.1, 0.15) is 5.60 Å². The fourth-order valence-electron chi connectivity index (χ4n) is 5.52. The maximum absolute atomic E-state index is 12.8. The van der Waals surface area contributed by atoms with Gasteiger partial charge in [0, 0.05) is 0 Å². The highest BCUT2D eigenvalue weighted by Gasteiger charge is 2.48. The highest BCUT2D eigenvalue weighted by atomic mass is 16.6. The molecule has 0 radical (unpaired) electrons. The zero-order valence-electron chi connectivity index (χ0n) is 13.1. The van der Waals surface area contributed by atoms with Crippen molar-refractivity contribution in [3.05, 3.63) is 12.2 Å². The van der Waals surface area contributed by atoms with Crippen molar-refractivity contribution >= 4 is 5.97 Å². The first kappa shape index (κ1) is 13.8. The maximum Gasteiger partial charge on any atom is 0.310 e. The van der Waals surface area contributed by atoms with Crippen molar-refractivity contribution in [1.82, 2.24) is 0 Å². The van der Waals surface area contributed by atoms with Crippen molar-refractivity contribution < 1.29 is 9.53 Å². The van der Waals surface area contributed by atoms with E-state index >= 15 is 0 Å².